The zero-order chi connectivity index (χ0) is 21.7. The number of nitrogens with zero attached hydrogens (tertiary/aromatic N) is 3. The van der Waals surface area contributed by atoms with E-state index in [4.69, 9.17) is 0 Å². The number of thioether (sulfide) groups is 1. The highest BCUT2D eigenvalue weighted by Crippen LogP contribution is 2.27. The molecule has 3 rings (SSSR count). The molecule has 158 valence electrons. The molecule has 0 aliphatic rings. The van der Waals surface area contributed by atoms with Crippen LogP contribution >= 0.6 is 27.7 Å². The maximum atomic E-state index is 12.3. The summed E-state index contributed by atoms with van der Waals surface area (Å²) < 4.78 is 3.03. The summed E-state index contributed by atoms with van der Waals surface area (Å²) in [6.45, 7) is 7.95. The first-order chi connectivity index (χ1) is 14.2. The van der Waals surface area contributed by atoms with Gasteiger partial charge in [-0.25, -0.2) is 0 Å². The second-order valence-corrected chi connectivity index (χ2v) is 9.83. The highest BCUT2D eigenvalue weighted by molar-refractivity contribution is 9.10. The van der Waals surface area contributed by atoms with Crippen LogP contribution in [-0.4, -0.2) is 32.0 Å². The third kappa shape index (κ3) is 6.09. The number of amides is 1. The van der Waals surface area contributed by atoms with Crippen molar-refractivity contribution in [3.63, 3.8) is 0 Å². The van der Waals surface area contributed by atoms with E-state index < -0.39 is 0 Å². The van der Waals surface area contributed by atoms with Gasteiger partial charge in [-0.2, -0.15) is 0 Å². The van der Waals surface area contributed by atoms with Crippen molar-refractivity contribution >= 4 is 39.3 Å². The molecule has 0 spiro atoms. The molecule has 2 aromatic carbocycles. The summed E-state index contributed by atoms with van der Waals surface area (Å²) in [6, 6.07) is 17.9. The number of benzene rings is 2. The lowest BCUT2D eigenvalue weighted by Crippen LogP contribution is -2.41. The van der Waals surface area contributed by atoms with Crippen molar-refractivity contribution < 1.29 is 4.79 Å². The van der Waals surface area contributed by atoms with E-state index in [-0.39, 0.29) is 23.2 Å². The molecule has 0 radical (unpaired) electrons. The summed E-state index contributed by atoms with van der Waals surface area (Å²) in [7, 11) is 0. The lowest BCUT2D eigenvalue weighted by atomic mass is 10.1. The van der Waals surface area contributed by atoms with Crippen LogP contribution in [-0.2, 0) is 4.79 Å². The van der Waals surface area contributed by atoms with Crippen LogP contribution in [0.3, 0.4) is 0 Å². The Bertz CT molecular complexity index is 983. The SMILES string of the molecule is C[C@@H](Nc1ccc(Br)cc1)c1nnc(SCC(=O)NC(C)(C)C)n1-c1ccccc1. The van der Waals surface area contributed by atoms with Gasteiger partial charge in [-0.1, -0.05) is 45.9 Å². The molecular formula is C22H26BrN5OS. The minimum atomic E-state index is -0.265. The second kappa shape index (κ2) is 9.66. The van der Waals surface area contributed by atoms with Gasteiger partial charge in [-0.3, -0.25) is 9.36 Å². The number of carbonyl (C=O) groups excluding carboxylic acids is 1. The Morgan fingerprint density at radius 2 is 1.77 bits per heavy atom. The van der Waals surface area contributed by atoms with Gasteiger partial charge in [-0.15, -0.1) is 10.2 Å². The molecule has 0 bridgehead atoms. The zero-order valence-electron chi connectivity index (χ0n) is 17.5. The minimum Gasteiger partial charge on any atom is -0.375 e. The monoisotopic (exact) mass is 487 g/mol. The first-order valence-corrected chi connectivity index (χ1v) is 11.5. The predicted molar refractivity (Wildman–Crippen MR) is 126 cm³/mol. The maximum Gasteiger partial charge on any atom is 0.230 e. The third-order valence-corrected chi connectivity index (χ3v) is 5.59. The summed E-state index contributed by atoms with van der Waals surface area (Å²) in [4.78, 5) is 12.3. The fraction of sp³-hybridized carbons (Fsp3) is 0.318. The second-order valence-electron chi connectivity index (χ2n) is 7.97. The van der Waals surface area contributed by atoms with Gasteiger partial charge in [0.25, 0.3) is 0 Å². The van der Waals surface area contributed by atoms with Crippen LogP contribution in [0, 0.1) is 0 Å². The molecule has 0 saturated heterocycles. The molecule has 8 heteroatoms. The number of para-hydroxylation sites is 1. The van der Waals surface area contributed by atoms with Gasteiger partial charge in [0.15, 0.2) is 11.0 Å². The van der Waals surface area contributed by atoms with Crippen LogP contribution in [0.15, 0.2) is 64.2 Å². The van der Waals surface area contributed by atoms with Crippen LogP contribution in [0.5, 0.6) is 0 Å². The number of anilines is 1. The fourth-order valence-corrected chi connectivity index (χ4v) is 3.94. The molecule has 1 aromatic heterocycles. The van der Waals surface area contributed by atoms with Crippen LogP contribution in [0.2, 0.25) is 0 Å². The van der Waals surface area contributed by atoms with Gasteiger partial charge < -0.3 is 10.6 Å². The summed E-state index contributed by atoms with van der Waals surface area (Å²) in [5.74, 6) is 1.03. The van der Waals surface area contributed by atoms with Gasteiger partial charge in [0.2, 0.25) is 5.91 Å². The van der Waals surface area contributed by atoms with E-state index in [0.717, 1.165) is 21.7 Å². The van der Waals surface area contributed by atoms with Crippen molar-refractivity contribution in [2.45, 2.75) is 44.4 Å². The van der Waals surface area contributed by atoms with Crippen molar-refractivity contribution in [2.75, 3.05) is 11.1 Å². The molecule has 6 nitrogen and oxygen atoms in total. The van der Waals surface area contributed by atoms with Crippen LogP contribution in [0.1, 0.15) is 39.6 Å². The number of nitrogens with one attached hydrogen (secondary N) is 2. The van der Waals surface area contributed by atoms with Gasteiger partial charge in [0, 0.05) is 21.4 Å². The molecule has 1 amide bonds. The van der Waals surface area contributed by atoms with E-state index >= 15 is 0 Å². The standard InChI is InChI=1S/C22H26BrN5OS/c1-15(24-17-12-10-16(23)11-13-17)20-26-27-21(28(20)18-8-6-5-7-9-18)30-14-19(29)25-22(2,3)4/h5-13,15,24H,14H2,1-4H3,(H,25,29)/t15-/m1/s1. The Morgan fingerprint density at radius 1 is 1.10 bits per heavy atom. The molecule has 30 heavy (non-hydrogen) atoms. The Morgan fingerprint density at radius 3 is 2.40 bits per heavy atom. The van der Waals surface area contributed by atoms with Crippen molar-refractivity contribution in [1.82, 2.24) is 20.1 Å². The number of halogens is 1. The molecular weight excluding hydrogens is 462 g/mol. The van der Waals surface area contributed by atoms with Gasteiger partial charge in [0.05, 0.1) is 11.8 Å². The largest absolute Gasteiger partial charge is 0.375 e. The van der Waals surface area contributed by atoms with E-state index in [1.165, 1.54) is 11.8 Å². The zero-order valence-corrected chi connectivity index (χ0v) is 19.9. The number of carbonyl (C=O) groups is 1. The molecule has 0 unspecified atom stereocenters. The third-order valence-electron chi connectivity index (χ3n) is 4.13. The van der Waals surface area contributed by atoms with Crippen molar-refractivity contribution in [3.8, 4) is 5.69 Å². The molecule has 1 heterocycles. The Kier molecular flexibility index (Phi) is 7.20. The first kappa shape index (κ1) is 22.4. The summed E-state index contributed by atoms with van der Waals surface area (Å²) in [6.07, 6.45) is 0. The Hall–Kier alpha value is -2.32. The first-order valence-electron chi connectivity index (χ1n) is 9.69. The van der Waals surface area contributed by atoms with Gasteiger partial charge >= 0.3 is 0 Å². The maximum absolute atomic E-state index is 12.3. The van der Waals surface area contributed by atoms with Crippen molar-refractivity contribution in [2.24, 2.45) is 0 Å². The minimum absolute atomic E-state index is 0.0299. The molecule has 1 atom stereocenters. The molecule has 0 aliphatic carbocycles. The van der Waals surface area contributed by atoms with E-state index in [2.05, 4.69) is 36.8 Å². The van der Waals surface area contributed by atoms with Crippen LogP contribution in [0.25, 0.3) is 5.69 Å². The summed E-state index contributed by atoms with van der Waals surface area (Å²) in [5.41, 5.74) is 1.69. The normalized spacial score (nSPS) is 12.4. The number of aromatic nitrogens is 3. The highest BCUT2D eigenvalue weighted by atomic mass is 79.9. The quantitative estimate of drug-likeness (QED) is 0.447. The van der Waals surface area contributed by atoms with Crippen molar-refractivity contribution in [3.05, 3.63) is 64.9 Å². The predicted octanol–water partition coefficient (Wildman–Crippen LogP) is 5.21. The summed E-state index contributed by atoms with van der Waals surface area (Å²) in [5, 5.41) is 16.0. The molecule has 0 aliphatic heterocycles. The van der Waals surface area contributed by atoms with Crippen LogP contribution < -0.4 is 10.6 Å². The fourth-order valence-electron chi connectivity index (χ4n) is 2.92. The van der Waals surface area contributed by atoms with E-state index in [1.54, 1.807) is 0 Å². The number of hydrogen-bond donors (Lipinski definition) is 2. The lowest BCUT2D eigenvalue weighted by molar-refractivity contribution is -0.119. The molecule has 3 aromatic rings. The topological polar surface area (TPSA) is 71.8 Å². The Labute approximate surface area is 190 Å². The molecule has 2 N–H and O–H groups in total. The highest BCUT2D eigenvalue weighted by Gasteiger charge is 2.21. The number of rotatable bonds is 7. The number of hydrogen-bond acceptors (Lipinski definition) is 5. The summed E-state index contributed by atoms with van der Waals surface area (Å²) >= 11 is 4.84. The average Bonchev–Trinajstić information content (AvgIpc) is 3.12. The smallest absolute Gasteiger partial charge is 0.230 e. The van der Waals surface area contributed by atoms with Crippen LogP contribution in [0.4, 0.5) is 5.69 Å². The van der Waals surface area contributed by atoms with Crippen molar-refractivity contribution in [1.29, 1.82) is 0 Å². The van der Waals surface area contributed by atoms with Gasteiger partial charge in [0.1, 0.15) is 0 Å². The van der Waals surface area contributed by atoms with E-state index in [9.17, 15) is 4.79 Å². The van der Waals surface area contributed by atoms with Gasteiger partial charge in [-0.05, 0) is 64.1 Å². The average molecular weight is 488 g/mol. The van der Waals surface area contributed by atoms with E-state index in [0.29, 0.717) is 5.16 Å². The molecule has 0 saturated carbocycles. The Balaban J connectivity index is 1.84. The lowest BCUT2D eigenvalue weighted by Gasteiger charge is -2.20. The van der Waals surface area contributed by atoms with E-state index in [1.807, 2.05) is 86.9 Å². The molecule has 0 fully saturated rings.